The van der Waals surface area contributed by atoms with E-state index in [-0.39, 0.29) is 12.3 Å². The molecule has 5 nitrogen and oxygen atoms in total. The molecular weight excluding hydrogens is 168 g/mol. The molecule has 1 heterocycles. The molecule has 1 atom stereocenters. The van der Waals surface area contributed by atoms with Crippen molar-refractivity contribution >= 4 is 8.80 Å². The van der Waals surface area contributed by atoms with Crippen molar-refractivity contribution in [2.75, 3.05) is 19.4 Å². The highest BCUT2D eigenvalue weighted by Crippen LogP contribution is 2.12. The van der Waals surface area contributed by atoms with Gasteiger partial charge in [-0.1, -0.05) is 0 Å². The summed E-state index contributed by atoms with van der Waals surface area (Å²) in [5.74, 6) is 0. The summed E-state index contributed by atoms with van der Waals surface area (Å²) in [6.45, 7) is 1.17. The van der Waals surface area contributed by atoms with Gasteiger partial charge in [0.05, 0.1) is 12.7 Å². The molecule has 1 fully saturated rings. The Hall–Kier alpha value is 0.0169. The first-order valence-corrected chi connectivity index (χ1v) is 5.32. The molecule has 1 unspecified atom stereocenters. The predicted octanol–water partition coefficient (Wildman–Crippen LogP) is -1.75. The normalized spacial score (nSPS) is 27.3. The molecule has 1 rings (SSSR count). The van der Waals surface area contributed by atoms with Crippen molar-refractivity contribution < 1.29 is 23.9 Å². The van der Waals surface area contributed by atoms with E-state index < -0.39 is 8.80 Å². The molecule has 0 aromatic rings. The minimum absolute atomic E-state index is 0.170. The summed E-state index contributed by atoms with van der Waals surface area (Å²) < 4.78 is 29.8. The van der Waals surface area contributed by atoms with E-state index in [1.54, 1.807) is 0 Å². The third-order valence-corrected chi connectivity index (χ3v) is 1.82. The Labute approximate surface area is 70.0 Å². The van der Waals surface area contributed by atoms with Crippen molar-refractivity contribution in [2.45, 2.75) is 12.5 Å². The summed E-state index contributed by atoms with van der Waals surface area (Å²) in [6.07, 6.45) is 0.839. The number of epoxide rings is 1. The van der Waals surface area contributed by atoms with E-state index in [0.29, 0.717) is 6.61 Å². The Bertz CT molecular complexity index is 157. The summed E-state index contributed by atoms with van der Waals surface area (Å²) >= 11 is 0. The minimum atomic E-state index is -3.53. The van der Waals surface area contributed by atoms with E-state index in [4.69, 9.17) is 13.8 Å². The molecule has 1 saturated heterocycles. The van der Waals surface area contributed by atoms with Crippen LogP contribution >= 0.6 is 0 Å². The molecule has 11 heavy (non-hydrogen) atoms. The monoisotopic (exact) mass is 186 g/mol. The Kier molecular flexibility index (Phi) is 1.85. The van der Waals surface area contributed by atoms with E-state index >= 15 is 0 Å². The number of hydrogen-bond acceptors (Lipinski definition) is 5. The van der Waals surface area contributed by atoms with Crippen LogP contribution in [-0.2, 0) is 9.47 Å². The molecule has 0 amide bonds. The minimum Gasteiger partial charge on any atom is -0.389 e. The number of rotatable bonds is 8. The lowest BCUT2D eigenvalue weighted by atomic mass is 10.4. The molecule has 1 aliphatic rings. The van der Waals surface area contributed by atoms with Gasteiger partial charge in [0.1, 0.15) is 6.23 Å². The fourth-order valence-corrected chi connectivity index (χ4v) is 1.04. The van der Waals surface area contributed by atoms with Gasteiger partial charge in [-0.25, -0.2) is 0 Å². The maximum atomic E-state index is 6.61. The molecule has 0 aromatic carbocycles. The molecule has 3 N–H and O–H groups in total. The van der Waals surface area contributed by atoms with E-state index in [1.807, 2.05) is 0 Å². The van der Waals surface area contributed by atoms with Gasteiger partial charge >= 0.3 is 8.80 Å². The van der Waals surface area contributed by atoms with Gasteiger partial charge < -0.3 is 23.9 Å². The average molecular weight is 186 g/mol. The smallest absolute Gasteiger partial charge is 0.389 e. The largest absolute Gasteiger partial charge is 0.519 e. The molecule has 0 spiro atoms. The quantitative estimate of drug-likeness (QED) is 0.238. The number of ether oxygens (including phenoxy) is 2. The van der Waals surface area contributed by atoms with Gasteiger partial charge in [0, 0.05) is 6.61 Å². The number of hydrogen-bond donors (Lipinski definition) is 3. The van der Waals surface area contributed by atoms with Crippen molar-refractivity contribution in [1.82, 2.24) is 0 Å². The Morgan fingerprint density at radius 2 is 2.36 bits per heavy atom. The molecule has 0 saturated carbocycles. The lowest BCUT2D eigenvalue weighted by molar-refractivity contribution is 0.103. The van der Waals surface area contributed by atoms with Crippen molar-refractivity contribution in [3.63, 3.8) is 0 Å². The van der Waals surface area contributed by atoms with Crippen LogP contribution in [0.15, 0.2) is 0 Å². The standard InChI is InChI=1S/C5H12O5Si/c6-11(7,8)4-9-2-1-5-3-10-5/h5-8H,1-4H2/i6T,7T,8T. The summed E-state index contributed by atoms with van der Waals surface area (Å²) in [6, 6.07) is 0. The van der Waals surface area contributed by atoms with Gasteiger partial charge in [-0.15, -0.1) is 0 Å². The van der Waals surface area contributed by atoms with Crippen molar-refractivity contribution in [3.05, 3.63) is 0 Å². The van der Waals surface area contributed by atoms with Crippen LogP contribution in [0.4, 0.5) is 0 Å². The Morgan fingerprint density at radius 3 is 2.91 bits per heavy atom. The third-order valence-electron chi connectivity index (χ3n) is 1.27. The molecule has 0 radical (unpaired) electrons. The van der Waals surface area contributed by atoms with Crippen LogP contribution in [-0.4, -0.2) is 53.0 Å². The first-order chi connectivity index (χ1) is 6.76. The second-order valence-corrected chi connectivity index (χ2v) is 4.13. The Balaban J connectivity index is 2.11. The Morgan fingerprint density at radius 1 is 1.64 bits per heavy atom. The SMILES string of the molecule is [3H]O[Si](COCCC1CO1)(O[3H])O[3H]. The molecule has 1 aliphatic heterocycles. The van der Waals surface area contributed by atoms with Crippen molar-refractivity contribution in [3.8, 4) is 0 Å². The molecule has 0 aliphatic carbocycles. The van der Waals surface area contributed by atoms with Crippen molar-refractivity contribution in [2.24, 2.45) is 0 Å². The van der Waals surface area contributed by atoms with Crippen LogP contribution in [0, 0.1) is 0 Å². The first kappa shape index (κ1) is 5.63. The van der Waals surface area contributed by atoms with Crippen LogP contribution < -0.4 is 0 Å². The fraction of sp³-hybridized carbons (Fsp3) is 1.00. The lowest BCUT2D eigenvalue weighted by Crippen LogP contribution is -2.41. The summed E-state index contributed by atoms with van der Waals surface area (Å²) in [5.41, 5.74) is 0. The lowest BCUT2D eigenvalue weighted by Gasteiger charge is -2.08. The van der Waals surface area contributed by atoms with E-state index in [2.05, 4.69) is 14.4 Å². The molecule has 0 aromatic heterocycles. The highest BCUT2D eigenvalue weighted by atomic mass is 28.4. The van der Waals surface area contributed by atoms with E-state index in [0.717, 1.165) is 13.0 Å². The van der Waals surface area contributed by atoms with Gasteiger partial charge in [0.15, 0.2) is 4.29 Å². The van der Waals surface area contributed by atoms with Crippen LogP contribution in [0.2, 0.25) is 0 Å². The van der Waals surface area contributed by atoms with Gasteiger partial charge in [0.2, 0.25) is 0 Å². The molecule has 6 heteroatoms. The van der Waals surface area contributed by atoms with Gasteiger partial charge in [-0.3, -0.25) is 0 Å². The first-order valence-electron chi connectivity index (χ1n) is 4.61. The van der Waals surface area contributed by atoms with Crippen LogP contribution in [0.1, 0.15) is 6.42 Å². The molecule has 0 bridgehead atoms. The summed E-state index contributed by atoms with van der Waals surface area (Å²) in [7, 11) is -3.53. The second-order valence-electron chi connectivity index (χ2n) is 2.48. The predicted molar refractivity (Wildman–Crippen MR) is 37.6 cm³/mol. The van der Waals surface area contributed by atoms with Gasteiger partial charge in [-0.2, -0.15) is 0 Å². The fourth-order valence-electron chi connectivity index (χ4n) is 0.647. The maximum absolute atomic E-state index is 6.61. The maximum Gasteiger partial charge on any atom is 0.519 e. The average Bonchev–Trinajstić information content (AvgIpc) is 3.03. The second kappa shape index (κ2) is 3.61. The zero-order valence-electron chi connectivity index (χ0n) is 8.95. The highest BCUT2D eigenvalue weighted by molar-refractivity contribution is 6.56. The zero-order chi connectivity index (χ0) is 10.4. The summed E-state index contributed by atoms with van der Waals surface area (Å²) in [5, 5.41) is 0. The van der Waals surface area contributed by atoms with Crippen LogP contribution in [0.3, 0.4) is 0 Å². The molecular formula is C5H12O5Si. The topological polar surface area (TPSA) is 82.5 Å². The van der Waals surface area contributed by atoms with Crippen molar-refractivity contribution in [1.29, 1.82) is 4.29 Å². The third kappa shape index (κ3) is 5.30. The van der Waals surface area contributed by atoms with Crippen LogP contribution in [0.25, 0.3) is 0 Å². The van der Waals surface area contributed by atoms with E-state index in [9.17, 15) is 0 Å². The summed E-state index contributed by atoms with van der Waals surface area (Å²) in [4.78, 5) is 12.2. The zero-order valence-corrected chi connectivity index (χ0v) is 6.95. The molecule has 66 valence electrons. The van der Waals surface area contributed by atoms with E-state index in [1.165, 1.54) is 0 Å². The van der Waals surface area contributed by atoms with Gasteiger partial charge in [-0.05, 0) is 6.42 Å². The highest BCUT2D eigenvalue weighted by Gasteiger charge is 2.28. The van der Waals surface area contributed by atoms with Gasteiger partial charge in [0.25, 0.3) is 0 Å². The van der Waals surface area contributed by atoms with Crippen LogP contribution in [0.5, 0.6) is 0 Å².